The van der Waals surface area contributed by atoms with Crippen LogP contribution in [0.2, 0.25) is 0 Å². The minimum Gasteiger partial charge on any atom is -0.339 e. The molecule has 1 amide bonds. The van der Waals surface area contributed by atoms with E-state index in [4.69, 9.17) is 4.52 Å². The molecule has 0 radical (unpaired) electrons. The summed E-state index contributed by atoms with van der Waals surface area (Å²) in [5.74, 6) is 0.977. The maximum absolute atomic E-state index is 13.2. The Morgan fingerprint density at radius 1 is 1.16 bits per heavy atom. The van der Waals surface area contributed by atoms with Crippen molar-refractivity contribution >= 4 is 34.7 Å². The van der Waals surface area contributed by atoms with E-state index in [1.165, 1.54) is 17.7 Å². The fourth-order valence-electron chi connectivity index (χ4n) is 2.96. The van der Waals surface area contributed by atoms with Crippen LogP contribution in [0, 0.1) is 19.7 Å². The lowest BCUT2D eigenvalue weighted by atomic mass is 10.1. The number of benzene rings is 2. The Morgan fingerprint density at radius 2 is 1.97 bits per heavy atom. The topological polar surface area (TPSA) is 80.9 Å². The number of aromatic nitrogens is 3. The molecule has 9 heteroatoms. The first kappa shape index (κ1) is 22.2. The molecule has 4 rings (SSSR count). The van der Waals surface area contributed by atoms with Crippen LogP contribution in [-0.4, -0.2) is 21.0 Å². The lowest BCUT2D eigenvalue weighted by molar-refractivity contribution is -0.116. The van der Waals surface area contributed by atoms with Gasteiger partial charge in [0.15, 0.2) is 10.2 Å². The Bertz CT molecular complexity index is 1220. The molecule has 0 spiro atoms. The first-order chi connectivity index (χ1) is 15.5. The molecule has 2 aromatic heterocycles. The molecule has 0 saturated heterocycles. The monoisotopic (exact) mass is 468 g/mol. The molecular formula is C23H21FN4O2S2. The second-order valence-corrected chi connectivity index (χ2v) is 9.35. The number of anilines is 1. The third-order valence-electron chi connectivity index (χ3n) is 4.69. The number of aryl methyl sites for hydroxylation is 3. The predicted molar refractivity (Wildman–Crippen MR) is 124 cm³/mol. The molecule has 0 fully saturated rings. The van der Waals surface area contributed by atoms with Gasteiger partial charge in [0.2, 0.25) is 11.8 Å². The molecule has 1 N–H and O–H groups in total. The number of amides is 1. The quantitative estimate of drug-likeness (QED) is 0.329. The molecule has 0 atom stereocenters. The largest absolute Gasteiger partial charge is 0.339 e. The van der Waals surface area contributed by atoms with Gasteiger partial charge in [-0.25, -0.2) is 9.37 Å². The van der Waals surface area contributed by atoms with Crippen molar-refractivity contribution in [1.82, 2.24) is 15.1 Å². The summed E-state index contributed by atoms with van der Waals surface area (Å²) in [6, 6.07) is 12.5. The van der Waals surface area contributed by atoms with Gasteiger partial charge in [0.1, 0.15) is 5.82 Å². The van der Waals surface area contributed by atoms with Gasteiger partial charge in [0, 0.05) is 29.5 Å². The number of rotatable bonds is 8. The predicted octanol–water partition coefficient (Wildman–Crippen LogP) is 5.81. The lowest BCUT2D eigenvalue weighted by Crippen LogP contribution is -2.13. The average Bonchev–Trinajstić information content (AvgIpc) is 3.43. The minimum absolute atomic E-state index is 0.192. The van der Waals surface area contributed by atoms with Crippen LogP contribution in [0.3, 0.4) is 0 Å². The molecule has 2 heterocycles. The van der Waals surface area contributed by atoms with Crippen molar-refractivity contribution in [2.24, 2.45) is 0 Å². The second-order valence-electron chi connectivity index (χ2n) is 7.27. The number of thioether (sulfide) groups is 1. The first-order valence-corrected chi connectivity index (χ1v) is 11.9. The van der Waals surface area contributed by atoms with E-state index >= 15 is 0 Å². The first-order valence-electron chi connectivity index (χ1n) is 9.99. The van der Waals surface area contributed by atoms with Gasteiger partial charge in [-0.05, 0) is 37.6 Å². The van der Waals surface area contributed by atoms with Gasteiger partial charge in [-0.2, -0.15) is 4.98 Å². The van der Waals surface area contributed by atoms with E-state index in [1.807, 2.05) is 5.38 Å². The highest BCUT2D eigenvalue weighted by Crippen LogP contribution is 2.30. The van der Waals surface area contributed by atoms with Crippen molar-refractivity contribution in [3.05, 3.63) is 76.5 Å². The van der Waals surface area contributed by atoms with E-state index in [2.05, 4.69) is 51.6 Å². The zero-order chi connectivity index (χ0) is 22.5. The maximum Gasteiger partial charge on any atom is 0.227 e. The zero-order valence-electron chi connectivity index (χ0n) is 17.6. The SMILES string of the molecule is Cc1ccc(-c2csc(SCc3noc(CCC(=O)Nc4ccc(F)cc4C)n3)n2)cc1. The summed E-state index contributed by atoms with van der Waals surface area (Å²) >= 11 is 3.13. The second kappa shape index (κ2) is 10.1. The van der Waals surface area contributed by atoms with Crippen LogP contribution in [0.25, 0.3) is 11.3 Å². The number of hydrogen-bond acceptors (Lipinski definition) is 7. The number of nitrogens with one attached hydrogen (secondary N) is 1. The van der Waals surface area contributed by atoms with Gasteiger partial charge < -0.3 is 9.84 Å². The third kappa shape index (κ3) is 5.80. The van der Waals surface area contributed by atoms with Gasteiger partial charge in [-0.3, -0.25) is 4.79 Å². The van der Waals surface area contributed by atoms with Crippen LogP contribution in [0.4, 0.5) is 10.1 Å². The van der Waals surface area contributed by atoms with Crippen LogP contribution >= 0.6 is 23.1 Å². The molecule has 2 aromatic carbocycles. The fraction of sp³-hybridized carbons (Fsp3) is 0.217. The Labute approximate surface area is 193 Å². The highest BCUT2D eigenvalue weighted by Gasteiger charge is 2.12. The number of carbonyl (C=O) groups excluding carboxylic acids is 1. The highest BCUT2D eigenvalue weighted by molar-refractivity contribution is 8.00. The Kier molecular flexibility index (Phi) is 6.96. The van der Waals surface area contributed by atoms with E-state index in [9.17, 15) is 9.18 Å². The van der Waals surface area contributed by atoms with Crippen LogP contribution in [-0.2, 0) is 17.0 Å². The minimum atomic E-state index is -0.333. The van der Waals surface area contributed by atoms with Gasteiger partial charge in [0.05, 0.1) is 11.4 Å². The maximum atomic E-state index is 13.2. The van der Waals surface area contributed by atoms with Gasteiger partial charge >= 0.3 is 0 Å². The van der Waals surface area contributed by atoms with Crippen LogP contribution in [0.5, 0.6) is 0 Å². The summed E-state index contributed by atoms with van der Waals surface area (Å²) < 4.78 is 19.4. The molecule has 0 aliphatic carbocycles. The van der Waals surface area contributed by atoms with Gasteiger partial charge in [-0.1, -0.05) is 46.7 Å². The van der Waals surface area contributed by atoms with Crippen molar-refractivity contribution in [3.63, 3.8) is 0 Å². The van der Waals surface area contributed by atoms with Crippen molar-refractivity contribution in [2.45, 2.75) is 36.8 Å². The Hall–Kier alpha value is -3.04. The summed E-state index contributed by atoms with van der Waals surface area (Å²) in [5.41, 5.74) is 4.52. The Morgan fingerprint density at radius 3 is 2.75 bits per heavy atom. The third-order valence-corrected chi connectivity index (χ3v) is 6.71. The van der Waals surface area contributed by atoms with E-state index < -0.39 is 0 Å². The average molecular weight is 469 g/mol. The van der Waals surface area contributed by atoms with Gasteiger partial charge in [-0.15, -0.1) is 11.3 Å². The van der Waals surface area contributed by atoms with Crippen molar-refractivity contribution in [3.8, 4) is 11.3 Å². The molecular weight excluding hydrogens is 447 g/mol. The summed E-state index contributed by atoms with van der Waals surface area (Å²) in [4.78, 5) is 21.2. The summed E-state index contributed by atoms with van der Waals surface area (Å²) in [7, 11) is 0. The molecule has 0 unspecified atom stereocenters. The van der Waals surface area contributed by atoms with Crippen molar-refractivity contribution < 1.29 is 13.7 Å². The van der Waals surface area contributed by atoms with Crippen LogP contribution in [0.15, 0.2) is 56.7 Å². The molecule has 0 aliphatic heterocycles. The highest BCUT2D eigenvalue weighted by atomic mass is 32.2. The summed E-state index contributed by atoms with van der Waals surface area (Å²) in [6.45, 7) is 3.80. The van der Waals surface area contributed by atoms with E-state index in [0.29, 0.717) is 35.1 Å². The van der Waals surface area contributed by atoms with Crippen LogP contribution in [0.1, 0.15) is 29.3 Å². The van der Waals surface area contributed by atoms with E-state index in [1.54, 1.807) is 36.1 Å². The van der Waals surface area contributed by atoms with E-state index in [0.717, 1.165) is 15.6 Å². The molecule has 0 aliphatic rings. The fourth-order valence-corrected chi connectivity index (χ4v) is 4.64. The molecule has 32 heavy (non-hydrogen) atoms. The number of hydrogen-bond donors (Lipinski definition) is 1. The molecule has 6 nitrogen and oxygen atoms in total. The van der Waals surface area contributed by atoms with Gasteiger partial charge in [0.25, 0.3) is 0 Å². The summed E-state index contributed by atoms with van der Waals surface area (Å²) in [5, 5.41) is 8.80. The number of thiazole rings is 1. The molecule has 0 saturated carbocycles. The van der Waals surface area contributed by atoms with E-state index in [-0.39, 0.29) is 18.1 Å². The smallest absolute Gasteiger partial charge is 0.227 e. The van der Waals surface area contributed by atoms with Crippen molar-refractivity contribution in [2.75, 3.05) is 5.32 Å². The van der Waals surface area contributed by atoms with Crippen molar-refractivity contribution in [1.29, 1.82) is 0 Å². The standard InChI is InChI=1S/C23H21FN4O2S2/c1-14-3-5-16(6-4-14)19-12-31-23(26-19)32-13-20-27-22(30-28-20)10-9-21(29)25-18-8-7-17(24)11-15(18)2/h3-8,11-12H,9-10,13H2,1-2H3,(H,25,29). The molecule has 164 valence electrons. The molecule has 4 aromatic rings. The number of nitrogens with zero attached hydrogens (tertiary/aromatic N) is 3. The number of halogens is 1. The lowest BCUT2D eigenvalue weighted by Gasteiger charge is -2.07. The summed E-state index contributed by atoms with van der Waals surface area (Å²) in [6.07, 6.45) is 0.524. The number of carbonyl (C=O) groups is 1. The zero-order valence-corrected chi connectivity index (χ0v) is 19.2. The molecule has 0 bridgehead atoms. The normalized spacial score (nSPS) is 11.0. The van der Waals surface area contributed by atoms with Crippen LogP contribution < -0.4 is 5.32 Å². The Balaban J connectivity index is 1.26.